The molecule has 3 aromatic heterocycles. The highest BCUT2D eigenvalue weighted by Gasteiger charge is 2.45. The molecule has 2 fully saturated rings. The molecule has 2 saturated heterocycles. The van der Waals surface area contributed by atoms with Gasteiger partial charge in [0, 0.05) is 62.0 Å². The van der Waals surface area contributed by atoms with E-state index in [-0.39, 0.29) is 34.5 Å². The minimum atomic E-state index is -0.526. The highest BCUT2D eigenvalue weighted by atomic mass is 35.5. The molecule has 3 aliphatic rings. The third-order valence-corrected chi connectivity index (χ3v) is 11.3. The molecular weight excluding hydrogens is 693 g/mol. The molecule has 5 aromatic rings. The Hall–Kier alpha value is -4.98. The third kappa shape index (κ3) is 5.51. The van der Waals surface area contributed by atoms with E-state index in [9.17, 15) is 14.4 Å². The number of nitrogens with one attached hydrogen (secondary N) is 3. The number of halogens is 2. The Morgan fingerprint density at radius 1 is 0.980 bits per heavy atom. The molecule has 262 valence electrons. The second kappa shape index (κ2) is 12.7. The zero-order valence-corrected chi connectivity index (χ0v) is 29.7. The van der Waals surface area contributed by atoms with Crippen molar-refractivity contribution in [1.82, 2.24) is 39.6 Å². The fourth-order valence-corrected chi connectivity index (χ4v) is 8.47. The van der Waals surface area contributed by atoms with E-state index >= 15 is 0 Å². The number of nitrogens with zero attached hydrogens (tertiary/aromatic N) is 6. The Labute approximate surface area is 302 Å². The van der Waals surface area contributed by atoms with E-state index in [0.717, 1.165) is 54.5 Å². The summed E-state index contributed by atoms with van der Waals surface area (Å²) >= 11 is 14.2. The van der Waals surface area contributed by atoms with Crippen molar-refractivity contribution >= 4 is 51.8 Å². The SMILES string of the molecule is COc1nc(-c2cccc(-c3cccc(Nc4ncnc5c4c(=O)n(C)c(=O)n5C)c3Cl)c2Cl)cc2c1[C@@H](N1CC[C@]3(CCNC(=O)N3)C1)CC2. The maximum Gasteiger partial charge on any atom is 0.332 e. The van der Waals surface area contributed by atoms with E-state index in [1.165, 1.54) is 23.5 Å². The first-order valence-electron chi connectivity index (χ1n) is 16.7. The number of hydrogen-bond acceptors (Lipinski definition) is 9. The molecule has 0 saturated carbocycles. The Morgan fingerprint density at radius 3 is 2.53 bits per heavy atom. The van der Waals surface area contributed by atoms with Gasteiger partial charge in [0.25, 0.3) is 5.56 Å². The van der Waals surface area contributed by atoms with Crippen LogP contribution in [0.3, 0.4) is 0 Å². The standard InChI is InChI=1S/C36H35Cl2N9O4/c1-45-31-27(33(48)46(2)35(45)50)30(40-18-41-31)42-23-9-5-7-21(29(23)38)20-6-4-8-22(28(20)37)24-16-19-10-11-25(26(19)32(43-24)51-3)47-15-13-36(17-47)12-14-39-34(49)44-36/h4-9,16,18,25H,10-15,17H2,1-3H3,(H2,39,44,49)(H,40,41,42)/t25-,36+/m0/s1. The summed E-state index contributed by atoms with van der Waals surface area (Å²) < 4.78 is 8.24. The number of urea groups is 1. The van der Waals surface area contributed by atoms with Gasteiger partial charge in [-0.15, -0.1) is 0 Å². The second-order valence-corrected chi connectivity index (χ2v) is 14.1. The molecule has 3 N–H and O–H groups in total. The monoisotopic (exact) mass is 727 g/mol. The number of anilines is 2. The number of amides is 2. The molecule has 1 spiro atoms. The number of methoxy groups -OCH3 is 1. The number of aromatic nitrogens is 5. The van der Waals surface area contributed by atoms with E-state index in [1.807, 2.05) is 30.3 Å². The predicted molar refractivity (Wildman–Crippen MR) is 196 cm³/mol. The van der Waals surface area contributed by atoms with Gasteiger partial charge in [0.2, 0.25) is 5.88 Å². The van der Waals surface area contributed by atoms with Crippen LogP contribution in [0.15, 0.2) is 58.4 Å². The first-order valence-corrected chi connectivity index (χ1v) is 17.5. The van der Waals surface area contributed by atoms with Crippen LogP contribution < -0.4 is 31.9 Å². The summed E-state index contributed by atoms with van der Waals surface area (Å²) in [5, 5.41) is 10.2. The lowest BCUT2D eigenvalue weighted by Crippen LogP contribution is -2.59. The quantitative estimate of drug-likeness (QED) is 0.221. The predicted octanol–water partition coefficient (Wildman–Crippen LogP) is 4.95. The molecule has 15 heteroatoms. The van der Waals surface area contributed by atoms with Crippen molar-refractivity contribution in [2.24, 2.45) is 14.1 Å². The van der Waals surface area contributed by atoms with Gasteiger partial charge in [0.05, 0.1) is 34.1 Å². The van der Waals surface area contributed by atoms with Gasteiger partial charge in [-0.3, -0.25) is 18.8 Å². The normalized spacial score (nSPS) is 20.0. The maximum absolute atomic E-state index is 13.1. The Balaban J connectivity index is 1.12. The number of fused-ring (bicyclic) bond motifs is 2. The summed E-state index contributed by atoms with van der Waals surface area (Å²) in [5.74, 6) is 0.791. The van der Waals surface area contributed by atoms with Gasteiger partial charge in [-0.25, -0.2) is 24.5 Å². The van der Waals surface area contributed by atoms with Crippen LogP contribution in [0.2, 0.25) is 10.0 Å². The summed E-state index contributed by atoms with van der Waals surface area (Å²) in [6.07, 6.45) is 4.91. The Bertz CT molecular complexity index is 2380. The molecular formula is C36H35Cl2N9O4. The van der Waals surface area contributed by atoms with Crippen LogP contribution in [0.4, 0.5) is 16.3 Å². The summed E-state index contributed by atoms with van der Waals surface area (Å²) in [5.41, 5.74) is 4.52. The van der Waals surface area contributed by atoms with Gasteiger partial charge in [-0.1, -0.05) is 53.5 Å². The van der Waals surface area contributed by atoms with Crippen LogP contribution in [-0.2, 0) is 20.5 Å². The lowest BCUT2D eigenvalue weighted by molar-refractivity contribution is 0.187. The molecule has 0 bridgehead atoms. The van der Waals surface area contributed by atoms with Crippen molar-refractivity contribution in [3.05, 3.63) is 90.8 Å². The number of benzene rings is 2. The number of carbonyl (C=O) groups is 1. The summed E-state index contributed by atoms with van der Waals surface area (Å²) in [6, 6.07) is 13.4. The Kier molecular flexibility index (Phi) is 8.23. The first-order chi connectivity index (χ1) is 24.6. The lowest BCUT2D eigenvalue weighted by atomic mass is 9.93. The minimum absolute atomic E-state index is 0.0946. The van der Waals surface area contributed by atoms with Crippen molar-refractivity contribution in [1.29, 1.82) is 0 Å². The first kappa shape index (κ1) is 33.2. The fraction of sp³-hybridized carbons (Fsp3) is 0.333. The van der Waals surface area contributed by atoms with Crippen LogP contribution in [0.1, 0.15) is 36.4 Å². The van der Waals surface area contributed by atoms with Gasteiger partial charge >= 0.3 is 11.7 Å². The summed E-state index contributed by atoms with van der Waals surface area (Å²) in [4.78, 5) is 53.7. The topological polar surface area (TPSA) is 148 Å². The van der Waals surface area contributed by atoms with Crippen molar-refractivity contribution in [2.75, 3.05) is 32.1 Å². The Morgan fingerprint density at radius 2 is 1.75 bits per heavy atom. The van der Waals surface area contributed by atoms with Gasteiger partial charge in [-0.05, 0) is 43.4 Å². The third-order valence-electron chi connectivity index (χ3n) is 10.5. The van der Waals surface area contributed by atoms with Crippen LogP contribution in [-0.4, -0.2) is 67.3 Å². The average molecular weight is 729 g/mol. The average Bonchev–Trinajstić information content (AvgIpc) is 3.74. The fourth-order valence-electron chi connectivity index (χ4n) is 7.87. The zero-order chi connectivity index (χ0) is 35.6. The molecule has 2 amide bonds. The van der Waals surface area contributed by atoms with Crippen molar-refractivity contribution < 1.29 is 9.53 Å². The largest absolute Gasteiger partial charge is 0.481 e. The van der Waals surface area contributed by atoms with E-state index in [4.69, 9.17) is 32.9 Å². The highest BCUT2D eigenvalue weighted by molar-refractivity contribution is 6.39. The number of hydrogen-bond donors (Lipinski definition) is 3. The minimum Gasteiger partial charge on any atom is -0.481 e. The smallest absolute Gasteiger partial charge is 0.332 e. The number of ether oxygens (including phenoxy) is 1. The molecule has 13 nitrogen and oxygen atoms in total. The van der Waals surface area contributed by atoms with E-state index in [1.54, 1.807) is 20.2 Å². The van der Waals surface area contributed by atoms with Gasteiger partial charge < -0.3 is 20.7 Å². The highest BCUT2D eigenvalue weighted by Crippen LogP contribution is 2.47. The maximum atomic E-state index is 13.1. The summed E-state index contributed by atoms with van der Waals surface area (Å²) in [7, 11) is 4.60. The van der Waals surface area contributed by atoms with Crippen LogP contribution in [0, 0.1) is 0 Å². The lowest BCUT2D eigenvalue weighted by Gasteiger charge is -2.36. The van der Waals surface area contributed by atoms with Crippen LogP contribution in [0.5, 0.6) is 5.88 Å². The van der Waals surface area contributed by atoms with E-state index < -0.39 is 11.2 Å². The van der Waals surface area contributed by atoms with Crippen LogP contribution in [0.25, 0.3) is 33.4 Å². The number of pyridine rings is 1. The molecule has 1 aliphatic carbocycles. The van der Waals surface area contributed by atoms with Gasteiger partial charge in [-0.2, -0.15) is 0 Å². The molecule has 2 aliphatic heterocycles. The van der Waals surface area contributed by atoms with Crippen molar-refractivity contribution in [3.63, 3.8) is 0 Å². The van der Waals surface area contributed by atoms with E-state index in [2.05, 4.69) is 36.9 Å². The molecule has 2 atom stereocenters. The number of carbonyl (C=O) groups excluding carboxylic acids is 1. The zero-order valence-electron chi connectivity index (χ0n) is 28.2. The number of rotatable bonds is 6. The molecule has 8 rings (SSSR count). The van der Waals surface area contributed by atoms with Crippen molar-refractivity contribution in [3.8, 4) is 28.3 Å². The molecule has 0 unspecified atom stereocenters. The second-order valence-electron chi connectivity index (χ2n) is 13.4. The molecule has 5 heterocycles. The van der Waals surface area contributed by atoms with Crippen molar-refractivity contribution in [2.45, 2.75) is 37.3 Å². The molecule has 2 aromatic carbocycles. The van der Waals surface area contributed by atoms with Gasteiger partial charge in [0.1, 0.15) is 17.5 Å². The molecule has 51 heavy (non-hydrogen) atoms. The summed E-state index contributed by atoms with van der Waals surface area (Å²) in [6.45, 7) is 2.37. The number of aryl methyl sites for hydroxylation is 2. The van der Waals surface area contributed by atoms with Crippen LogP contribution >= 0.6 is 23.2 Å². The molecule has 0 radical (unpaired) electrons. The number of likely N-dealkylation sites (tertiary alicyclic amines) is 1. The van der Waals surface area contributed by atoms with E-state index in [0.29, 0.717) is 45.0 Å². The van der Waals surface area contributed by atoms with Gasteiger partial charge in [0.15, 0.2) is 5.65 Å².